The first-order valence-electron chi connectivity index (χ1n) is 6.96. The third-order valence-corrected chi connectivity index (χ3v) is 3.93. The zero-order valence-corrected chi connectivity index (χ0v) is 14.2. The van der Waals surface area contributed by atoms with Crippen LogP contribution >= 0.6 is 23.2 Å². The van der Waals surface area contributed by atoms with Crippen molar-refractivity contribution in [2.75, 3.05) is 5.32 Å². The van der Waals surface area contributed by atoms with Crippen molar-refractivity contribution in [3.63, 3.8) is 0 Å². The molecule has 1 heterocycles. The molecular weight excluding hydrogens is 333 g/mol. The lowest BCUT2D eigenvalue weighted by molar-refractivity contribution is -0.112. The van der Waals surface area contributed by atoms with E-state index in [4.69, 9.17) is 23.2 Å². The van der Waals surface area contributed by atoms with E-state index < -0.39 is 5.91 Å². The number of amides is 1. The minimum atomic E-state index is -0.497. The van der Waals surface area contributed by atoms with Gasteiger partial charge in [0.1, 0.15) is 11.6 Å². The molecule has 4 nitrogen and oxygen atoms in total. The Morgan fingerprint density at radius 1 is 1.30 bits per heavy atom. The van der Waals surface area contributed by atoms with Crippen molar-refractivity contribution < 1.29 is 4.79 Å². The van der Waals surface area contributed by atoms with E-state index in [1.807, 2.05) is 29.1 Å². The molecule has 2 aromatic rings. The minimum Gasteiger partial charge on any atom is -0.351 e. The van der Waals surface area contributed by atoms with Crippen molar-refractivity contribution >= 4 is 40.9 Å². The zero-order valence-electron chi connectivity index (χ0n) is 12.7. The Balaban J connectivity index is 2.19. The highest BCUT2D eigenvalue weighted by Crippen LogP contribution is 2.25. The van der Waals surface area contributed by atoms with Crippen LogP contribution in [-0.4, -0.2) is 10.5 Å². The van der Waals surface area contributed by atoms with Gasteiger partial charge in [0.25, 0.3) is 5.91 Å². The summed E-state index contributed by atoms with van der Waals surface area (Å²) in [5.74, 6) is -0.497. The van der Waals surface area contributed by atoms with E-state index in [0.29, 0.717) is 21.8 Å². The van der Waals surface area contributed by atoms with Gasteiger partial charge in [-0.2, -0.15) is 5.26 Å². The highest BCUT2D eigenvalue weighted by Gasteiger charge is 2.11. The second-order valence-electron chi connectivity index (χ2n) is 5.24. The molecule has 1 N–H and O–H groups in total. The van der Waals surface area contributed by atoms with Crippen LogP contribution < -0.4 is 5.32 Å². The molecule has 2 rings (SSSR count). The van der Waals surface area contributed by atoms with Gasteiger partial charge in [0, 0.05) is 24.1 Å². The normalized spacial score (nSPS) is 11.4. The maximum Gasteiger partial charge on any atom is 0.266 e. The first kappa shape index (κ1) is 17.1. The van der Waals surface area contributed by atoms with E-state index in [-0.39, 0.29) is 5.57 Å². The number of carbonyl (C=O) groups excluding carboxylic acids is 1. The van der Waals surface area contributed by atoms with Gasteiger partial charge < -0.3 is 9.88 Å². The lowest BCUT2D eigenvalue weighted by atomic mass is 10.2. The molecule has 0 atom stereocenters. The molecule has 1 aromatic heterocycles. The third-order valence-electron chi connectivity index (χ3n) is 3.19. The number of aromatic nitrogens is 1. The minimum absolute atomic E-state index is 0.0116. The molecular formula is C17H15Cl2N3O. The van der Waals surface area contributed by atoms with Crippen molar-refractivity contribution in [2.45, 2.75) is 19.9 Å². The van der Waals surface area contributed by atoms with Gasteiger partial charge in [-0.3, -0.25) is 4.79 Å². The van der Waals surface area contributed by atoms with Crippen LogP contribution in [0.1, 0.15) is 25.5 Å². The predicted molar refractivity (Wildman–Crippen MR) is 93.5 cm³/mol. The third kappa shape index (κ3) is 4.38. The second-order valence-corrected chi connectivity index (χ2v) is 6.05. The lowest BCUT2D eigenvalue weighted by Gasteiger charge is -2.06. The number of hydrogen-bond acceptors (Lipinski definition) is 2. The summed E-state index contributed by atoms with van der Waals surface area (Å²) in [6, 6.07) is 8.82. The fraction of sp³-hybridized carbons (Fsp3) is 0.176. The Morgan fingerprint density at radius 3 is 2.61 bits per heavy atom. The molecule has 0 radical (unpaired) electrons. The largest absolute Gasteiger partial charge is 0.351 e. The van der Waals surface area contributed by atoms with Crippen molar-refractivity contribution in [1.29, 1.82) is 5.26 Å². The number of nitrogens with one attached hydrogen (secondary N) is 1. The van der Waals surface area contributed by atoms with Gasteiger partial charge in [0.15, 0.2) is 0 Å². The second kappa shape index (κ2) is 7.36. The molecule has 1 aromatic carbocycles. The van der Waals surface area contributed by atoms with Gasteiger partial charge in [-0.05, 0) is 49.8 Å². The summed E-state index contributed by atoms with van der Waals surface area (Å²) in [7, 11) is 0. The number of halogens is 2. The number of hydrogen-bond donors (Lipinski definition) is 1. The van der Waals surface area contributed by atoms with Crippen molar-refractivity contribution in [2.24, 2.45) is 0 Å². The van der Waals surface area contributed by atoms with Crippen LogP contribution in [0.5, 0.6) is 0 Å². The molecule has 6 heteroatoms. The van der Waals surface area contributed by atoms with E-state index in [1.54, 1.807) is 18.2 Å². The monoisotopic (exact) mass is 347 g/mol. The van der Waals surface area contributed by atoms with E-state index in [2.05, 4.69) is 19.2 Å². The molecule has 0 spiro atoms. The van der Waals surface area contributed by atoms with Crippen LogP contribution in [0, 0.1) is 11.3 Å². The maximum absolute atomic E-state index is 12.2. The molecule has 0 saturated heterocycles. The van der Waals surface area contributed by atoms with Crippen LogP contribution in [0.3, 0.4) is 0 Å². The van der Waals surface area contributed by atoms with Gasteiger partial charge in [-0.1, -0.05) is 23.2 Å². The standard InChI is InChI=1S/C17H15Cl2N3O/c1-11(2)22-6-5-12(10-22)7-13(9-20)17(23)21-14-3-4-15(18)16(19)8-14/h3-8,10-11H,1-2H3,(H,21,23)/b13-7+. The molecule has 0 aliphatic carbocycles. The summed E-state index contributed by atoms with van der Waals surface area (Å²) in [4.78, 5) is 12.2. The Labute approximate surface area is 144 Å². The van der Waals surface area contributed by atoms with Crippen LogP contribution in [0.4, 0.5) is 5.69 Å². The number of anilines is 1. The van der Waals surface area contributed by atoms with E-state index >= 15 is 0 Å². The SMILES string of the molecule is CC(C)n1ccc(/C=C(\C#N)C(=O)Nc2ccc(Cl)c(Cl)c2)c1. The van der Waals surface area contributed by atoms with Gasteiger partial charge >= 0.3 is 0 Å². The van der Waals surface area contributed by atoms with Crippen LogP contribution in [0.25, 0.3) is 6.08 Å². The first-order valence-corrected chi connectivity index (χ1v) is 7.72. The number of benzene rings is 1. The van der Waals surface area contributed by atoms with Crippen LogP contribution in [0.15, 0.2) is 42.2 Å². The van der Waals surface area contributed by atoms with Gasteiger partial charge in [-0.25, -0.2) is 0 Å². The summed E-state index contributed by atoms with van der Waals surface area (Å²) >= 11 is 11.7. The lowest BCUT2D eigenvalue weighted by Crippen LogP contribution is -2.13. The molecule has 0 unspecified atom stereocenters. The average Bonchev–Trinajstić information content (AvgIpc) is 2.97. The highest BCUT2D eigenvalue weighted by atomic mass is 35.5. The summed E-state index contributed by atoms with van der Waals surface area (Å²) in [5, 5.41) is 12.6. The smallest absolute Gasteiger partial charge is 0.266 e. The molecule has 118 valence electrons. The summed E-state index contributed by atoms with van der Waals surface area (Å²) < 4.78 is 2.00. The molecule has 0 aliphatic rings. The Hall–Kier alpha value is -2.22. The van der Waals surface area contributed by atoms with E-state index in [9.17, 15) is 10.1 Å². The number of rotatable bonds is 4. The average molecular weight is 348 g/mol. The molecule has 1 amide bonds. The maximum atomic E-state index is 12.2. The number of nitrogens with zero attached hydrogens (tertiary/aromatic N) is 2. The number of nitriles is 1. The van der Waals surface area contributed by atoms with Crippen LogP contribution in [-0.2, 0) is 4.79 Å². The number of carbonyl (C=O) groups is 1. The van der Waals surface area contributed by atoms with Gasteiger partial charge in [0.2, 0.25) is 0 Å². The van der Waals surface area contributed by atoms with Crippen molar-refractivity contribution in [1.82, 2.24) is 4.57 Å². The predicted octanol–water partition coefficient (Wildman–Crippen LogP) is 4.92. The summed E-state index contributed by atoms with van der Waals surface area (Å²) in [5.41, 5.74) is 1.28. The Bertz CT molecular complexity index is 800. The molecule has 0 saturated carbocycles. The van der Waals surface area contributed by atoms with Gasteiger partial charge in [-0.15, -0.1) is 0 Å². The highest BCUT2D eigenvalue weighted by molar-refractivity contribution is 6.42. The molecule has 0 bridgehead atoms. The molecule has 23 heavy (non-hydrogen) atoms. The van der Waals surface area contributed by atoms with Gasteiger partial charge in [0.05, 0.1) is 10.0 Å². The first-order chi connectivity index (χ1) is 10.9. The summed E-state index contributed by atoms with van der Waals surface area (Å²) in [6.45, 7) is 4.10. The van der Waals surface area contributed by atoms with E-state index in [0.717, 1.165) is 5.56 Å². The fourth-order valence-electron chi connectivity index (χ4n) is 1.92. The quantitative estimate of drug-likeness (QED) is 0.630. The topological polar surface area (TPSA) is 57.8 Å². The van der Waals surface area contributed by atoms with E-state index in [1.165, 1.54) is 6.07 Å². The Kier molecular flexibility index (Phi) is 5.49. The summed E-state index contributed by atoms with van der Waals surface area (Å²) in [6.07, 6.45) is 5.34. The van der Waals surface area contributed by atoms with Crippen molar-refractivity contribution in [3.05, 3.63) is 57.8 Å². The fourth-order valence-corrected chi connectivity index (χ4v) is 2.22. The Morgan fingerprint density at radius 2 is 2.04 bits per heavy atom. The van der Waals surface area contributed by atoms with Crippen LogP contribution in [0.2, 0.25) is 10.0 Å². The molecule has 0 aliphatic heterocycles. The molecule has 0 fully saturated rings. The van der Waals surface area contributed by atoms with Crippen molar-refractivity contribution in [3.8, 4) is 6.07 Å². The zero-order chi connectivity index (χ0) is 17.0.